The van der Waals surface area contributed by atoms with Gasteiger partial charge in [0.05, 0.1) is 19.0 Å². The molecule has 0 bridgehead atoms. The van der Waals surface area contributed by atoms with E-state index in [1.165, 1.54) is 12.8 Å². The Hall–Kier alpha value is -0.210. The summed E-state index contributed by atoms with van der Waals surface area (Å²) < 4.78 is 31.8. The van der Waals surface area contributed by atoms with Gasteiger partial charge in [-0.25, -0.2) is 13.1 Å². The fourth-order valence-electron chi connectivity index (χ4n) is 2.72. The van der Waals surface area contributed by atoms with Crippen molar-refractivity contribution in [3.8, 4) is 0 Å². The third-order valence-electron chi connectivity index (χ3n) is 4.00. The van der Waals surface area contributed by atoms with Gasteiger partial charge in [0.15, 0.2) is 0 Å². The van der Waals surface area contributed by atoms with Crippen molar-refractivity contribution in [3.05, 3.63) is 0 Å². The van der Waals surface area contributed by atoms with Gasteiger partial charge in [-0.1, -0.05) is 6.42 Å². The Kier molecular flexibility index (Phi) is 6.70. The number of hydrogen-bond donors (Lipinski definition) is 2. The molecular weight excluding hydrogens is 278 g/mol. The van der Waals surface area contributed by atoms with Gasteiger partial charge < -0.3 is 10.1 Å². The predicted octanol–water partition coefficient (Wildman–Crippen LogP) is -0.230. The smallest absolute Gasteiger partial charge is 0.211 e. The average Bonchev–Trinajstić information content (AvgIpc) is 2.47. The maximum atomic E-state index is 11.9. The first-order valence-electron chi connectivity index (χ1n) is 7.66. The van der Waals surface area contributed by atoms with Crippen molar-refractivity contribution in [3.63, 3.8) is 0 Å². The number of ether oxygens (including phenoxy) is 1. The highest BCUT2D eigenvalue weighted by Crippen LogP contribution is 2.10. The number of sulfonamides is 1. The van der Waals surface area contributed by atoms with E-state index in [2.05, 4.69) is 14.9 Å². The molecule has 0 amide bonds. The number of nitrogens with one attached hydrogen (secondary N) is 2. The van der Waals surface area contributed by atoms with E-state index < -0.39 is 10.0 Å². The van der Waals surface area contributed by atoms with Gasteiger partial charge in [0.25, 0.3) is 0 Å². The largest absolute Gasteiger partial charge is 0.379 e. The van der Waals surface area contributed by atoms with Crippen molar-refractivity contribution in [2.24, 2.45) is 0 Å². The van der Waals surface area contributed by atoms with E-state index in [1.807, 2.05) is 0 Å². The summed E-state index contributed by atoms with van der Waals surface area (Å²) in [6.45, 7) is 5.58. The minimum atomic E-state index is -3.13. The highest BCUT2D eigenvalue weighted by molar-refractivity contribution is 7.89. The van der Waals surface area contributed by atoms with Gasteiger partial charge in [0.2, 0.25) is 10.0 Å². The molecule has 118 valence electrons. The Bertz CT molecular complexity index is 363. The van der Waals surface area contributed by atoms with Crippen molar-refractivity contribution in [1.82, 2.24) is 14.9 Å². The Morgan fingerprint density at radius 2 is 2.05 bits per heavy atom. The van der Waals surface area contributed by atoms with Crippen molar-refractivity contribution >= 4 is 10.0 Å². The predicted molar refractivity (Wildman–Crippen MR) is 79.3 cm³/mol. The van der Waals surface area contributed by atoms with E-state index in [9.17, 15) is 8.42 Å². The van der Waals surface area contributed by atoms with Crippen molar-refractivity contribution in [2.75, 3.05) is 51.7 Å². The molecule has 6 nitrogen and oxygen atoms in total. The molecule has 2 heterocycles. The van der Waals surface area contributed by atoms with E-state index in [1.54, 1.807) is 0 Å². The zero-order chi connectivity index (χ0) is 14.3. The molecule has 2 rings (SSSR count). The monoisotopic (exact) mass is 305 g/mol. The van der Waals surface area contributed by atoms with Crippen LogP contribution in [0.2, 0.25) is 0 Å². The zero-order valence-corrected chi connectivity index (χ0v) is 13.0. The summed E-state index contributed by atoms with van der Waals surface area (Å²) in [5.74, 6) is 0.230. The maximum Gasteiger partial charge on any atom is 0.211 e. The number of morpholine rings is 1. The lowest BCUT2D eigenvalue weighted by atomic mass is 10.0. The maximum absolute atomic E-state index is 11.9. The van der Waals surface area contributed by atoms with Crippen LogP contribution in [-0.4, -0.2) is 71.0 Å². The molecule has 0 aliphatic carbocycles. The Labute approximate surface area is 122 Å². The molecule has 1 unspecified atom stereocenters. The van der Waals surface area contributed by atoms with E-state index in [0.29, 0.717) is 19.0 Å². The van der Waals surface area contributed by atoms with E-state index in [4.69, 9.17) is 4.74 Å². The lowest BCUT2D eigenvalue weighted by Crippen LogP contribution is -2.42. The van der Waals surface area contributed by atoms with Gasteiger partial charge in [-0.3, -0.25) is 4.90 Å². The summed E-state index contributed by atoms with van der Waals surface area (Å²) in [5, 5.41) is 3.39. The fourth-order valence-corrected chi connectivity index (χ4v) is 3.87. The summed E-state index contributed by atoms with van der Waals surface area (Å²) in [6, 6.07) is 0.375. The zero-order valence-electron chi connectivity index (χ0n) is 12.1. The van der Waals surface area contributed by atoms with Crippen LogP contribution in [0.1, 0.15) is 25.7 Å². The van der Waals surface area contributed by atoms with Crippen LogP contribution in [-0.2, 0) is 14.8 Å². The summed E-state index contributed by atoms with van der Waals surface area (Å²) in [5.41, 5.74) is 0. The molecule has 0 aromatic heterocycles. The molecule has 2 N–H and O–H groups in total. The molecule has 0 aromatic rings. The summed E-state index contributed by atoms with van der Waals surface area (Å²) in [7, 11) is -3.13. The molecule has 7 heteroatoms. The van der Waals surface area contributed by atoms with Crippen molar-refractivity contribution < 1.29 is 13.2 Å². The second-order valence-electron chi connectivity index (χ2n) is 5.60. The third-order valence-corrected chi connectivity index (χ3v) is 5.42. The van der Waals surface area contributed by atoms with E-state index in [-0.39, 0.29) is 5.75 Å². The Balaban J connectivity index is 1.60. The second-order valence-corrected chi connectivity index (χ2v) is 7.53. The van der Waals surface area contributed by atoms with Gasteiger partial charge >= 0.3 is 0 Å². The summed E-state index contributed by atoms with van der Waals surface area (Å²) in [6.07, 6.45) is 4.24. The van der Waals surface area contributed by atoms with Gasteiger partial charge in [-0.15, -0.1) is 0 Å². The summed E-state index contributed by atoms with van der Waals surface area (Å²) >= 11 is 0. The molecular formula is C13H27N3O3S. The molecule has 2 saturated heterocycles. The first-order valence-corrected chi connectivity index (χ1v) is 9.32. The first kappa shape index (κ1) is 16.2. The van der Waals surface area contributed by atoms with Crippen LogP contribution in [0.4, 0.5) is 0 Å². The average molecular weight is 305 g/mol. The normalized spacial score (nSPS) is 25.7. The van der Waals surface area contributed by atoms with Crippen molar-refractivity contribution in [1.29, 1.82) is 0 Å². The molecule has 1 atom stereocenters. The van der Waals surface area contributed by atoms with Crippen LogP contribution >= 0.6 is 0 Å². The first-order chi connectivity index (χ1) is 9.66. The molecule has 20 heavy (non-hydrogen) atoms. The van der Waals surface area contributed by atoms with E-state index in [0.717, 1.165) is 45.8 Å². The van der Waals surface area contributed by atoms with Crippen LogP contribution in [0.25, 0.3) is 0 Å². The molecule has 2 fully saturated rings. The number of piperidine rings is 1. The highest BCUT2D eigenvalue weighted by atomic mass is 32.2. The molecule has 0 spiro atoms. The molecule has 2 aliphatic heterocycles. The third kappa shape index (κ3) is 6.05. The fraction of sp³-hybridized carbons (Fsp3) is 1.00. The quantitative estimate of drug-likeness (QED) is 0.680. The number of nitrogens with zero attached hydrogens (tertiary/aromatic N) is 1. The van der Waals surface area contributed by atoms with Crippen LogP contribution in [0.15, 0.2) is 0 Å². The highest BCUT2D eigenvalue weighted by Gasteiger charge is 2.17. The van der Waals surface area contributed by atoms with Crippen LogP contribution in [0.5, 0.6) is 0 Å². The van der Waals surface area contributed by atoms with Gasteiger partial charge in [0.1, 0.15) is 0 Å². The van der Waals surface area contributed by atoms with Gasteiger partial charge in [-0.05, 0) is 25.8 Å². The molecule has 0 radical (unpaired) electrons. The Morgan fingerprint density at radius 1 is 1.25 bits per heavy atom. The lowest BCUT2D eigenvalue weighted by Gasteiger charge is -2.26. The molecule has 0 saturated carbocycles. The van der Waals surface area contributed by atoms with Crippen molar-refractivity contribution in [2.45, 2.75) is 31.7 Å². The van der Waals surface area contributed by atoms with Crippen LogP contribution < -0.4 is 10.0 Å². The second kappa shape index (κ2) is 8.29. The number of rotatable bonds is 7. The summed E-state index contributed by atoms with van der Waals surface area (Å²) in [4.78, 5) is 2.23. The number of hydrogen-bond acceptors (Lipinski definition) is 5. The minimum absolute atomic E-state index is 0.230. The van der Waals surface area contributed by atoms with Crippen LogP contribution in [0.3, 0.4) is 0 Å². The SMILES string of the molecule is O=S(=O)(CCC1CCCCN1)NCCN1CCOCC1. The van der Waals surface area contributed by atoms with Gasteiger partial charge in [0, 0.05) is 32.2 Å². The minimum Gasteiger partial charge on any atom is -0.379 e. The lowest BCUT2D eigenvalue weighted by molar-refractivity contribution is 0.0390. The van der Waals surface area contributed by atoms with Crippen LogP contribution in [0, 0.1) is 0 Å². The standard InChI is InChI=1S/C13H27N3O3S/c17-20(18,12-4-13-3-1-2-5-14-13)15-6-7-16-8-10-19-11-9-16/h13-15H,1-12H2. The topological polar surface area (TPSA) is 70.7 Å². The van der Waals surface area contributed by atoms with E-state index >= 15 is 0 Å². The molecule has 2 aliphatic rings. The Morgan fingerprint density at radius 3 is 2.75 bits per heavy atom. The molecule has 0 aromatic carbocycles. The van der Waals surface area contributed by atoms with Gasteiger partial charge in [-0.2, -0.15) is 0 Å².